The second kappa shape index (κ2) is 7.34. The Morgan fingerprint density at radius 3 is 2.67 bits per heavy atom. The molecule has 3 rings (SSSR count). The molecule has 2 amide bonds. The number of aryl methyl sites for hydroxylation is 1. The van der Waals surface area contributed by atoms with Gasteiger partial charge in [0.05, 0.1) is 6.04 Å². The Labute approximate surface area is 142 Å². The summed E-state index contributed by atoms with van der Waals surface area (Å²) in [5, 5.41) is 4.30. The molecule has 1 atom stereocenters. The van der Waals surface area contributed by atoms with E-state index in [1.165, 1.54) is 0 Å². The Balaban J connectivity index is 1.66. The van der Waals surface area contributed by atoms with Crippen molar-refractivity contribution in [2.45, 2.75) is 51.7 Å². The second-order valence-corrected chi connectivity index (χ2v) is 6.52. The number of carbonyl (C=O) groups excluding carboxylic acids is 2. The number of ether oxygens (including phenoxy) is 1. The molecule has 132 valence electrons. The second-order valence-electron chi connectivity index (χ2n) is 6.52. The number of likely N-dealkylation sites (tertiary alicyclic amines) is 1. The van der Waals surface area contributed by atoms with E-state index >= 15 is 0 Å². The van der Waals surface area contributed by atoms with Crippen molar-refractivity contribution >= 4 is 11.8 Å². The molecule has 0 aliphatic carbocycles. The van der Waals surface area contributed by atoms with Crippen LogP contribution >= 0.6 is 0 Å². The van der Waals surface area contributed by atoms with Gasteiger partial charge in [-0.05, 0) is 32.3 Å². The Bertz CT molecular complexity index is 594. The van der Waals surface area contributed by atoms with E-state index in [2.05, 4.69) is 5.10 Å². The third-order valence-corrected chi connectivity index (χ3v) is 4.98. The Kier molecular flexibility index (Phi) is 5.18. The zero-order chi connectivity index (χ0) is 17.1. The molecule has 0 N–H and O–H groups in total. The van der Waals surface area contributed by atoms with E-state index in [1.807, 2.05) is 22.9 Å². The van der Waals surface area contributed by atoms with E-state index in [0.29, 0.717) is 32.0 Å². The first kappa shape index (κ1) is 17.0. The molecule has 0 bridgehead atoms. The van der Waals surface area contributed by atoms with Crippen LogP contribution in [0.4, 0.5) is 0 Å². The molecule has 2 aliphatic rings. The van der Waals surface area contributed by atoms with Crippen LogP contribution in [0, 0.1) is 0 Å². The van der Waals surface area contributed by atoms with Crippen molar-refractivity contribution in [2.24, 2.45) is 0 Å². The van der Waals surface area contributed by atoms with Crippen LogP contribution < -0.4 is 0 Å². The SMILES string of the molecule is CCn1ccc(C(=O)N2CCC(N(C(C)=O)C3CCOCC3)C2)n1. The van der Waals surface area contributed by atoms with Crippen LogP contribution in [0.25, 0.3) is 0 Å². The van der Waals surface area contributed by atoms with Crippen LogP contribution in [0.15, 0.2) is 12.3 Å². The summed E-state index contributed by atoms with van der Waals surface area (Å²) < 4.78 is 7.16. The summed E-state index contributed by atoms with van der Waals surface area (Å²) in [6.07, 6.45) is 4.41. The first-order valence-electron chi connectivity index (χ1n) is 8.79. The summed E-state index contributed by atoms with van der Waals surface area (Å²) in [5.41, 5.74) is 0.484. The van der Waals surface area contributed by atoms with Crippen LogP contribution in [-0.2, 0) is 16.1 Å². The number of nitrogens with zero attached hydrogens (tertiary/aromatic N) is 4. The molecule has 2 saturated heterocycles. The molecule has 1 aromatic rings. The fourth-order valence-corrected chi connectivity index (χ4v) is 3.74. The minimum Gasteiger partial charge on any atom is -0.381 e. The quantitative estimate of drug-likeness (QED) is 0.828. The first-order valence-corrected chi connectivity index (χ1v) is 8.79. The minimum atomic E-state index is -0.0415. The van der Waals surface area contributed by atoms with Crippen molar-refractivity contribution < 1.29 is 14.3 Å². The summed E-state index contributed by atoms with van der Waals surface area (Å²) in [4.78, 5) is 28.6. The van der Waals surface area contributed by atoms with Crippen molar-refractivity contribution in [2.75, 3.05) is 26.3 Å². The van der Waals surface area contributed by atoms with Gasteiger partial charge in [-0.25, -0.2) is 0 Å². The third kappa shape index (κ3) is 3.45. The maximum Gasteiger partial charge on any atom is 0.274 e. The zero-order valence-electron chi connectivity index (χ0n) is 14.5. The molecule has 1 aromatic heterocycles. The summed E-state index contributed by atoms with van der Waals surface area (Å²) in [7, 11) is 0. The van der Waals surface area contributed by atoms with Crippen molar-refractivity contribution in [3.8, 4) is 0 Å². The Morgan fingerprint density at radius 1 is 1.29 bits per heavy atom. The number of carbonyl (C=O) groups is 2. The number of amides is 2. The molecule has 2 fully saturated rings. The number of aromatic nitrogens is 2. The highest BCUT2D eigenvalue weighted by Crippen LogP contribution is 2.24. The van der Waals surface area contributed by atoms with E-state index < -0.39 is 0 Å². The van der Waals surface area contributed by atoms with Crippen LogP contribution in [0.2, 0.25) is 0 Å². The molecule has 0 spiro atoms. The molecule has 24 heavy (non-hydrogen) atoms. The van der Waals surface area contributed by atoms with Gasteiger partial charge in [0.15, 0.2) is 0 Å². The highest BCUT2D eigenvalue weighted by Gasteiger charge is 2.36. The van der Waals surface area contributed by atoms with Gasteiger partial charge in [-0.15, -0.1) is 0 Å². The van der Waals surface area contributed by atoms with Gasteiger partial charge >= 0.3 is 0 Å². The lowest BCUT2D eigenvalue weighted by molar-refractivity contribution is -0.135. The Morgan fingerprint density at radius 2 is 2.04 bits per heavy atom. The fraction of sp³-hybridized carbons (Fsp3) is 0.706. The predicted octanol–water partition coefficient (Wildman–Crippen LogP) is 1.14. The van der Waals surface area contributed by atoms with E-state index in [9.17, 15) is 9.59 Å². The van der Waals surface area contributed by atoms with Gasteiger partial charge in [0, 0.05) is 52.0 Å². The molecule has 0 aromatic carbocycles. The topological polar surface area (TPSA) is 67.7 Å². The lowest BCUT2D eigenvalue weighted by Gasteiger charge is -2.37. The van der Waals surface area contributed by atoms with E-state index in [4.69, 9.17) is 4.74 Å². The highest BCUT2D eigenvalue weighted by atomic mass is 16.5. The minimum absolute atomic E-state index is 0.0415. The van der Waals surface area contributed by atoms with Gasteiger partial charge in [-0.1, -0.05) is 0 Å². The first-order chi connectivity index (χ1) is 11.6. The van der Waals surface area contributed by atoms with E-state index in [0.717, 1.165) is 25.8 Å². The number of rotatable bonds is 4. The predicted molar refractivity (Wildman–Crippen MR) is 88.6 cm³/mol. The van der Waals surface area contributed by atoms with Gasteiger partial charge in [-0.2, -0.15) is 5.10 Å². The van der Waals surface area contributed by atoms with E-state index in [1.54, 1.807) is 17.7 Å². The molecule has 2 aliphatic heterocycles. The number of hydrogen-bond donors (Lipinski definition) is 0. The fourth-order valence-electron chi connectivity index (χ4n) is 3.74. The van der Waals surface area contributed by atoms with E-state index in [-0.39, 0.29) is 23.9 Å². The van der Waals surface area contributed by atoms with Crippen molar-refractivity contribution in [1.82, 2.24) is 19.6 Å². The maximum absolute atomic E-state index is 12.6. The van der Waals surface area contributed by atoms with Gasteiger partial charge in [0.25, 0.3) is 5.91 Å². The van der Waals surface area contributed by atoms with Crippen molar-refractivity contribution in [3.63, 3.8) is 0 Å². The molecular formula is C17H26N4O3. The summed E-state index contributed by atoms with van der Waals surface area (Å²) in [5.74, 6) is 0.0524. The van der Waals surface area contributed by atoms with Crippen LogP contribution in [0.5, 0.6) is 0 Å². The van der Waals surface area contributed by atoms with Crippen LogP contribution in [-0.4, -0.2) is 69.8 Å². The van der Waals surface area contributed by atoms with Crippen molar-refractivity contribution in [1.29, 1.82) is 0 Å². The lowest BCUT2D eigenvalue weighted by atomic mass is 10.0. The molecule has 1 unspecified atom stereocenters. The maximum atomic E-state index is 12.6. The average molecular weight is 334 g/mol. The lowest BCUT2D eigenvalue weighted by Crippen LogP contribution is -2.49. The molecular weight excluding hydrogens is 308 g/mol. The molecule has 0 radical (unpaired) electrons. The van der Waals surface area contributed by atoms with Crippen LogP contribution in [0.1, 0.15) is 43.6 Å². The Hall–Kier alpha value is -1.89. The highest BCUT2D eigenvalue weighted by molar-refractivity contribution is 5.92. The largest absolute Gasteiger partial charge is 0.381 e. The van der Waals surface area contributed by atoms with Gasteiger partial charge < -0.3 is 14.5 Å². The molecule has 0 saturated carbocycles. The summed E-state index contributed by atoms with van der Waals surface area (Å²) >= 11 is 0. The van der Waals surface area contributed by atoms with Crippen LogP contribution in [0.3, 0.4) is 0 Å². The third-order valence-electron chi connectivity index (χ3n) is 4.98. The average Bonchev–Trinajstić information content (AvgIpc) is 3.24. The molecule has 7 heteroatoms. The smallest absolute Gasteiger partial charge is 0.274 e. The molecule has 3 heterocycles. The standard InChI is InChI=1S/C17H26N4O3/c1-3-20-9-5-16(18-20)17(23)19-8-4-15(12-19)21(13(2)22)14-6-10-24-11-7-14/h5,9,14-15H,3-4,6-8,10-12H2,1-2H3. The van der Waals surface area contributed by atoms with Gasteiger partial charge in [-0.3, -0.25) is 14.3 Å². The van der Waals surface area contributed by atoms with Crippen molar-refractivity contribution in [3.05, 3.63) is 18.0 Å². The summed E-state index contributed by atoms with van der Waals surface area (Å²) in [6, 6.07) is 2.10. The monoisotopic (exact) mass is 334 g/mol. The normalized spacial score (nSPS) is 21.9. The summed E-state index contributed by atoms with van der Waals surface area (Å²) in [6.45, 7) is 7.05. The number of hydrogen-bond acceptors (Lipinski definition) is 4. The zero-order valence-corrected chi connectivity index (χ0v) is 14.5. The van der Waals surface area contributed by atoms with Gasteiger partial charge in [0.2, 0.25) is 5.91 Å². The van der Waals surface area contributed by atoms with Gasteiger partial charge in [0.1, 0.15) is 5.69 Å². The molecule has 7 nitrogen and oxygen atoms in total.